The molecule has 1 heterocycles. The van der Waals surface area contributed by atoms with Crippen molar-refractivity contribution in [2.75, 3.05) is 39.5 Å². The van der Waals surface area contributed by atoms with E-state index in [2.05, 4.69) is 4.90 Å². The predicted octanol–water partition coefficient (Wildman–Crippen LogP) is 1.75. The molecule has 0 unspecified atom stereocenters. The van der Waals surface area contributed by atoms with E-state index in [1.165, 1.54) is 6.07 Å². The minimum absolute atomic E-state index is 0. The van der Waals surface area contributed by atoms with Crippen LogP contribution in [0.1, 0.15) is 10.4 Å². The molecule has 0 amide bonds. The van der Waals surface area contributed by atoms with Crippen molar-refractivity contribution in [2.24, 2.45) is 0 Å². The molecule has 1 N–H and O–H groups in total. The van der Waals surface area contributed by atoms with Gasteiger partial charge in [0.15, 0.2) is 0 Å². The van der Waals surface area contributed by atoms with Crippen molar-refractivity contribution in [1.29, 1.82) is 0 Å². The third kappa shape index (κ3) is 5.87. The second-order valence-corrected chi connectivity index (χ2v) is 5.13. The average Bonchev–Trinajstić information content (AvgIpc) is 2.42. The number of hydrogen-bond donors (Lipinski definition) is 1. The van der Waals surface area contributed by atoms with Crippen molar-refractivity contribution >= 4 is 98.1 Å². The molecule has 0 aromatic heterocycles. The molecular formula is C13H16Cl2CsNO4. The maximum absolute atomic E-state index is 11.1. The molecule has 0 spiro atoms. The standard InChI is InChI=1S/C13H15Cl2NO4.Cs.H/c14-9-1-2-10(12(15)11(9)13(17)18)20-8-5-16-3-6-19-7-4-16;;/h1-2H,3-8H2,(H,17,18);;. The fourth-order valence-corrected chi connectivity index (χ4v) is 2.54. The SMILES string of the molecule is O=C(O)c1c(Cl)ccc(OCCN2CCOCC2)c1Cl.[CsH]. The second kappa shape index (κ2) is 10.0. The Morgan fingerprint density at radius 3 is 2.62 bits per heavy atom. The maximum atomic E-state index is 11.1. The van der Waals surface area contributed by atoms with Gasteiger partial charge in [0.2, 0.25) is 0 Å². The third-order valence-electron chi connectivity index (χ3n) is 3.04. The van der Waals surface area contributed by atoms with Crippen LogP contribution in [0.5, 0.6) is 5.75 Å². The van der Waals surface area contributed by atoms with Crippen LogP contribution >= 0.6 is 23.2 Å². The summed E-state index contributed by atoms with van der Waals surface area (Å²) in [5, 5.41) is 9.19. The van der Waals surface area contributed by atoms with E-state index in [1.54, 1.807) is 6.07 Å². The van der Waals surface area contributed by atoms with Gasteiger partial charge in [-0.25, -0.2) is 4.79 Å². The summed E-state index contributed by atoms with van der Waals surface area (Å²) in [7, 11) is 0. The van der Waals surface area contributed by atoms with Gasteiger partial charge in [-0.3, -0.25) is 4.90 Å². The first-order valence-corrected chi connectivity index (χ1v) is 6.99. The molecule has 1 aliphatic heterocycles. The van der Waals surface area contributed by atoms with Gasteiger partial charge in [0.1, 0.15) is 17.9 Å². The summed E-state index contributed by atoms with van der Waals surface area (Å²) >= 11 is 11.8. The Kier molecular flexibility index (Phi) is 9.59. The summed E-state index contributed by atoms with van der Waals surface area (Å²) in [6, 6.07) is 3.05. The first-order chi connectivity index (χ1) is 9.59. The summed E-state index contributed by atoms with van der Waals surface area (Å²) in [6.07, 6.45) is 0. The third-order valence-corrected chi connectivity index (χ3v) is 3.73. The molecule has 0 atom stereocenters. The molecule has 112 valence electrons. The van der Waals surface area contributed by atoms with Crippen LogP contribution in [-0.4, -0.2) is 124 Å². The fourth-order valence-electron chi connectivity index (χ4n) is 1.95. The Hall–Kier alpha value is 1.04. The number of carboxylic acids is 1. The van der Waals surface area contributed by atoms with Crippen LogP contribution in [-0.2, 0) is 4.74 Å². The number of nitrogens with zero attached hydrogens (tertiary/aromatic N) is 1. The summed E-state index contributed by atoms with van der Waals surface area (Å²) in [4.78, 5) is 13.3. The molecule has 1 fully saturated rings. The number of aromatic carboxylic acids is 1. The van der Waals surface area contributed by atoms with E-state index in [9.17, 15) is 4.79 Å². The molecular weight excluding hydrogens is 438 g/mol. The molecule has 1 aromatic carbocycles. The molecule has 8 heteroatoms. The van der Waals surface area contributed by atoms with Crippen molar-refractivity contribution in [3.05, 3.63) is 27.7 Å². The molecule has 5 nitrogen and oxygen atoms in total. The van der Waals surface area contributed by atoms with Crippen LogP contribution in [0.2, 0.25) is 10.0 Å². The summed E-state index contributed by atoms with van der Waals surface area (Å²) in [5.74, 6) is -0.833. The summed E-state index contributed by atoms with van der Waals surface area (Å²) < 4.78 is 10.8. The van der Waals surface area contributed by atoms with Crippen molar-refractivity contribution in [3.63, 3.8) is 0 Å². The zero-order valence-corrected chi connectivity index (χ0v) is 12.3. The molecule has 1 aliphatic rings. The first-order valence-electron chi connectivity index (χ1n) is 6.24. The molecule has 21 heavy (non-hydrogen) atoms. The zero-order chi connectivity index (χ0) is 14.5. The van der Waals surface area contributed by atoms with E-state index in [1.807, 2.05) is 0 Å². The Balaban J connectivity index is 0.00000220. The number of carboxylic acid groups (broad SMARTS) is 1. The Bertz CT molecular complexity index is 495. The number of halogens is 2. The Morgan fingerprint density at radius 2 is 2.00 bits per heavy atom. The number of rotatable bonds is 5. The molecule has 1 saturated heterocycles. The minimum atomic E-state index is -1.17. The van der Waals surface area contributed by atoms with E-state index < -0.39 is 5.97 Å². The predicted molar refractivity (Wildman–Crippen MR) is 83.3 cm³/mol. The van der Waals surface area contributed by atoms with E-state index >= 15 is 0 Å². The van der Waals surface area contributed by atoms with Gasteiger partial charge in [-0.05, 0) is 12.1 Å². The second-order valence-electron chi connectivity index (χ2n) is 4.34. The first kappa shape index (κ1) is 20.1. The molecule has 0 aliphatic carbocycles. The van der Waals surface area contributed by atoms with Crippen LogP contribution < -0.4 is 4.74 Å². The van der Waals surface area contributed by atoms with Gasteiger partial charge in [-0.2, -0.15) is 0 Å². The van der Waals surface area contributed by atoms with E-state index in [0.29, 0.717) is 12.4 Å². The number of ether oxygens (including phenoxy) is 2. The van der Waals surface area contributed by atoms with E-state index in [0.717, 1.165) is 32.8 Å². The van der Waals surface area contributed by atoms with Gasteiger partial charge in [0.25, 0.3) is 0 Å². The summed E-state index contributed by atoms with van der Waals surface area (Å²) in [5.41, 5.74) is -0.128. The van der Waals surface area contributed by atoms with Gasteiger partial charge in [0, 0.05) is 19.6 Å². The van der Waals surface area contributed by atoms with Gasteiger partial charge in [-0.1, -0.05) is 23.2 Å². The van der Waals surface area contributed by atoms with Crippen molar-refractivity contribution in [1.82, 2.24) is 4.90 Å². The normalized spacial score (nSPS) is 15.3. The zero-order valence-electron chi connectivity index (χ0n) is 10.8. The van der Waals surface area contributed by atoms with Crippen LogP contribution in [0.15, 0.2) is 12.1 Å². The summed E-state index contributed by atoms with van der Waals surface area (Å²) in [6.45, 7) is 4.37. The molecule has 0 radical (unpaired) electrons. The van der Waals surface area contributed by atoms with Crippen molar-refractivity contribution < 1.29 is 19.4 Å². The van der Waals surface area contributed by atoms with Crippen molar-refractivity contribution in [3.8, 4) is 5.75 Å². The van der Waals surface area contributed by atoms with Crippen LogP contribution in [0, 0.1) is 0 Å². The average molecular weight is 454 g/mol. The van der Waals surface area contributed by atoms with Crippen molar-refractivity contribution in [2.45, 2.75) is 0 Å². The topological polar surface area (TPSA) is 59.0 Å². The van der Waals surface area contributed by atoms with Gasteiger partial charge in [-0.15, -0.1) is 0 Å². The number of morpholine rings is 1. The number of hydrogen-bond acceptors (Lipinski definition) is 4. The van der Waals surface area contributed by atoms with E-state index in [-0.39, 0.29) is 84.5 Å². The molecule has 2 rings (SSSR count). The monoisotopic (exact) mass is 453 g/mol. The quantitative estimate of drug-likeness (QED) is 0.736. The number of benzene rings is 1. The molecule has 0 bridgehead atoms. The Labute approximate surface area is 192 Å². The van der Waals surface area contributed by atoms with Gasteiger partial charge < -0.3 is 14.6 Å². The number of carbonyl (C=O) groups is 1. The van der Waals surface area contributed by atoms with Crippen LogP contribution in [0.3, 0.4) is 0 Å². The fraction of sp³-hybridized carbons (Fsp3) is 0.462. The molecule has 0 saturated carbocycles. The Morgan fingerprint density at radius 1 is 1.33 bits per heavy atom. The van der Waals surface area contributed by atoms with Gasteiger partial charge >= 0.3 is 74.9 Å². The van der Waals surface area contributed by atoms with Crippen LogP contribution in [0.25, 0.3) is 0 Å². The van der Waals surface area contributed by atoms with Crippen LogP contribution in [0.4, 0.5) is 0 Å². The van der Waals surface area contributed by atoms with Gasteiger partial charge in [0.05, 0.1) is 23.3 Å². The molecule has 1 aromatic rings. The van der Waals surface area contributed by atoms with E-state index in [4.69, 9.17) is 37.8 Å².